The minimum atomic E-state index is -4.77. The van der Waals surface area contributed by atoms with Gasteiger partial charge in [-0.3, -0.25) is 4.79 Å². The number of carbonyl (C=O) groups excluding carboxylic acids is 1. The molecule has 0 aliphatic carbocycles. The lowest BCUT2D eigenvalue weighted by atomic mass is 10.3. The first-order chi connectivity index (χ1) is 9.43. The molecule has 1 aromatic heterocycles. The Hall–Kier alpha value is -1.80. The number of halogens is 2. The molecule has 106 valence electrons. The van der Waals surface area contributed by atoms with Gasteiger partial charge in [-0.15, -0.1) is 11.3 Å². The number of alkyl halides is 2. The minimum Gasteiger partial charge on any atom is -0.320 e. The zero-order chi connectivity index (χ0) is 14.8. The topological polar surface area (TPSA) is 63.2 Å². The molecule has 0 saturated heterocycles. The molecule has 1 N–H and O–H groups in total. The number of rotatable bonds is 4. The van der Waals surface area contributed by atoms with E-state index in [1.165, 1.54) is 18.2 Å². The van der Waals surface area contributed by atoms with E-state index in [-0.39, 0.29) is 5.69 Å². The second kappa shape index (κ2) is 5.68. The molecule has 4 nitrogen and oxygen atoms in total. The zero-order valence-corrected chi connectivity index (χ0v) is 11.5. The van der Waals surface area contributed by atoms with Gasteiger partial charge in [0.25, 0.3) is 5.91 Å². The van der Waals surface area contributed by atoms with Crippen molar-refractivity contribution in [2.45, 2.75) is 10.7 Å². The number of anilines is 1. The first-order valence-electron chi connectivity index (χ1n) is 5.39. The first-order valence-corrected chi connectivity index (χ1v) is 7.81. The van der Waals surface area contributed by atoms with Crippen molar-refractivity contribution < 1.29 is 22.0 Å². The van der Waals surface area contributed by atoms with E-state index in [1.54, 1.807) is 17.5 Å². The summed E-state index contributed by atoms with van der Waals surface area (Å²) in [5, 5.41) is 4.01. The monoisotopic (exact) mass is 317 g/mol. The van der Waals surface area contributed by atoms with Crippen LogP contribution in [0.25, 0.3) is 0 Å². The summed E-state index contributed by atoms with van der Waals surface area (Å²) in [6.07, 6.45) is 0. The van der Waals surface area contributed by atoms with Crippen molar-refractivity contribution in [3.63, 3.8) is 0 Å². The number of sulfone groups is 1. The van der Waals surface area contributed by atoms with Crippen LogP contribution >= 0.6 is 11.3 Å². The van der Waals surface area contributed by atoms with E-state index in [0.29, 0.717) is 4.88 Å². The molecule has 8 heteroatoms. The predicted molar refractivity (Wildman–Crippen MR) is 71.9 cm³/mol. The van der Waals surface area contributed by atoms with Crippen LogP contribution in [0.3, 0.4) is 0 Å². The summed E-state index contributed by atoms with van der Waals surface area (Å²) in [6, 6.07) is 8.27. The van der Waals surface area contributed by atoms with E-state index < -0.39 is 26.4 Å². The highest BCUT2D eigenvalue weighted by Gasteiger charge is 2.29. The van der Waals surface area contributed by atoms with Gasteiger partial charge in [0.15, 0.2) is 0 Å². The molecular formula is C12H9F2NO3S2. The quantitative estimate of drug-likeness (QED) is 0.943. The lowest BCUT2D eigenvalue weighted by Gasteiger charge is -2.10. The van der Waals surface area contributed by atoms with Crippen LogP contribution in [0.2, 0.25) is 0 Å². The molecular weight excluding hydrogens is 308 g/mol. The fourth-order valence-electron chi connectivity index (χ4n) is 1.51. The van der Waals surface area contributed by atoms with Crippen LogP contribution in [-0.2, 0) is 9.84 Å². The SMILES string of the molecule is O=C(Nc1ccccc1S(=O)(=O)C(F)F)c1cccs1. The van der Waals surface area contributed by atoms with Crippen molar-refractivity contribution >= 4 is 32.8 Å². The Morgan fingerprint density at radius 1 is 1.15 bits per heavy atom. The zero-order valence-electron chi connectivity index (χ0n) is 9.92. The third-order valence-corrected chi connectivity index (χ3v) is 4.73. The predicted octanol–water partition coefficient (Wildman–Crippen LogP) is 3.00. The van der Waals surface area contributed by atoms with Gasteiger partial charge in [-0.2, -0.15) is 8.78 Å². The maximum Gasteiger partial charge on any atom is 0.341 e. The van der Waals surface area contributed by atoms with E-state index in [0.717, 1.165) is 17.4 Å². The smallest absolute Gasteiger partial charge is 0.320 e. The molecule has 1 amide bonds. The average molecular weight is 317 g/mol. The fraction of sp³-hybridized carbons (Fsp3) is 0.0833. The maximum absolute atomic E-state index is 12.6. The standard InChI is InChI=1S/C12H9F2NO3S2/c13-12(14)20(17,18)10-6-2-1-4-8(10)15-11(16)9-5-3-7-19-9/h1-7,12H,(H,15,16). The fourth-order valence-corrected chi connectivity index (χ4v) is 3.01. The van der Waals surface area contributed by atoms with Crippen molar-refractivity contribution in [3.8, 4) is 0 Å². The summed E-state index contributed by atoms with van der Waals surface area (Å²) in [5.74, 6) is -4.08. The van der Waals surface area contributed by atoms with E-state index in [9.17, 15) is 22.0 Å². The van der Waals surface area contributed by atoms with Crippen molar-refractivity contribution in [3.05, 3.63) is 46.7 Å². The molecule has 1 aromatic carbocycles. The molecule has 1 heterocycles. The highest BCUT2D eigenvalue weighted by atomic mass is 32.2. The number of benzene rings is 1. The Morgan fingerprint density at radius 3 is 2.45 bits per heavy atom. The van der Waals surface area contributed by atoms with Gasteiger partial charge >= 0.3 is 5.76 Å². The van der Waals surface area contributed by atoms with Gasteiger partial charge in [-0.05, 0) is 23.6 Å². The van der Waals surface area contributed by atoms with Gasteiger partial charge in [0.1, 0.15) is 0 Å². The van der Waals surface area contributed by atoms with Crippen LogP contribution in [0.15, 0.2) is 46.7 Å². The Labute approximate surface area is 118 Å². The van der Waals surface area contributed by atoms with E-state index in [1.807, 2.05) is 0 Å². The Morgan fingerprint density at radius 2 is 1.85 bits per heavy atom. The Kier molecular flexibility index (Phi) is 4.15. The number of para-hydroxylation sites is 1. The lowest BCUT2D eigenvalue weighted by Crippen LogP contribution is -2.17. The number of amides is 1. The van der Waals surface area contributed by atoms with E-state index in [4.69, 9.17) is 0 Å². The molecule has 0 saturated carbocycles. The number of hydrogen-bond acceptors (Lipinski definition) is 4. The molecule has 2 aromatic rings. The highest BCUT2D eigenvalue weighted by Crippen LogP contribution is 2.26. The molecule has 0 atom stereocenters. The summed E-state index contributed by atoms with van der Waals surface area (Å²) in [6.45, 7) is 0. The molecule has 0 aliphatic heterocycles. The summed E-state index contributed by atoms with van der Waals surface area (Å²) < 4.78 is 48.2. The third-order valence-electron chi connectivity index (χ3n) is 2.42. The first kappa shape index (κ1) is 14.6. The summed E-state index contributed by atoms with van der Waals surface area (Å²) >= 11 is 1.16. The maximum atomic E-state index is 12.6. The van der Waals surface area contributed by atoms with E-state index >= 15 is 0 Å². The van der Waals surface area contributed by atoms with Crippen molar-refractivity contribution in [2.24, 2.45) is 0 Å². The third kappa shape index (κ3) is 2.86. The highest BCUT2D eigenvalue weighted by molar-refractivity contribution is 7.91. The summed E-state index contributed by atoms with van der Waals surface area (Å²) in [7, 11) is -4.77. The molecule has 0 aliphatic rings. The van der Waals surface area contributed by atoms with Gasteiger partial charge in [0.05, 0.1) is 15.5 Å². The summed E-state index contributed by atoms with van der Waals surface area (Å²) in [5.41, 5.74) is -0.161. The van der Waals surface area contributed by atoms with Crippen molar-refractivity contribution in [1.29, 1.82) is 0 Å². The second-order valence-corrected chi connectivity index (χ2v) is 6.57. The normalized spacial score (nSPS) is 11.6. The number of thiophene rings is 1. The van der Waals surface area contributed by atoms with Crippen LogP contribution in [0.4, 0.5) is 14.5 Å². The van der Waals surface area contributed by atoms with Crippen molar-refractivity contribution in [1.82, 2.24) is 0 Å². The van der Waals surface area contributed by atoms with E-state index in [2.05, 4.69) is 5.32 Å². The molecule has 0 unspecified atom stereocenters. The van der Waals surface area contributed by atoms with Gasteiger partial charge in [-0.25, -0.2) is 8.42 Å². The Balaban J connectivity index is 2.37. The Bertz CT molecular complexity index is 712. The summed E-state index contributed by atoms with van der Waals surface area (Å²) in [4.78, 5) is 11.6. The lowest BCUT2D eigenvalue weighted by molar-refractivity contribution is 0.103. The van der Waals surface area contributed by atoms with Crippen LogP contribution in [0.5, 0.6) is 0 Å². The minimum absolute atomic E-state index is 0.161. The van der Waals surface area contributed by atoms with Gasteiger partial charge in [0, 0.05) is 0 Å². The van der Waals surface area contributed by atoms with Crippen LogP contribution in [-0.4, -0.2) is 20.1 Å². The molecule has 0 bridgehead atoms. The van der Waals surface area contributed by atoms with Crippen LogP contribution in [0.1, 0.15) is 9.67 Å². The number of carbonyl (C=O) groups is 1. The molecule has 0 radical (unpaired) electrons. The number of nitrogens with one attached hydrogen (secondary N) is 1. The van der Waals surface area contributed by atoms with Crippen LogP contribution in [0, 0.1) is 0 Å². The van der Waals surface area contributed by atoms with Crippen LogP contribution < -0.4 is 5.32 Å². The number of hydrogen-bond donors (Lipinski definition) is 1. The molecule has 0 fully saturated rings. The largest absolute Gasteiger partial charge is 0.341 e. The molecule has 0 spiro atoms. The second-order valence-electron chi connectivity index (χ2n) is 3.73. The average Bonchev–Trinajstić information content (AvgIpc) is 2.93. The van der Waals surface area contributed by atoms with Gasteiger partial charge in [0.2, 0.25) is 9.84 Å². The molecule has 20 heavy (non-hydrogen) atoms. The molecule has 2 rings (SSSR count). The van der Waals surface area contributed by atoms with Gasteiger partial charge < -0.3 is 5.32 Å². The van der Waals surface area contributed by atoms with Crippen molar-refractivity contribution in [2.75, 3.05) is 5.32 Å². The van der Waals surface area contributed by atoms with Gasteiger partial charge in [-0.1, -0.05) is 18.2 Å².